The van der Waals surface area contributed by atoms with Crippen molar-refractivity contribution in [1.82, 2.24) is 9.47 Å². The van der Waals surface area contributed by atoms with Crippen molar-refractivity contribution < 1.29 is 22.7 Å². The van der Waals surface area contributed by atoms with Crippen molar-refractivity contribution in [2.24, 2.45) is 0 Å². The maximum absolute atomic E-state index is 12.8. The molecule has 0 spiro atoms. The van der Waals surface area contributed by atoms with Gasteiger partial charge < -0.3 is 14.2 Å². The van der Waals surface area contributed by atoms with Crippen LogP contribution < -0.4 is 0 Å². The van der Waals surface area contributed by atoms with Gasteiger partial charge in [-0.15, -0.1) is 0 Å². The molecular weight excluding hydrogens is 380 g/mol. The average Bonchev–Trinajstić information content (AvgIpc) is 3.11. The second-order valence-corrected chi connectivity index (χ2v) is 10.2. The average molecular weight is 413 g/mol. The maximum Gasteiger partial charge on any atom is 0.340 e. The van der Waals surface area contributed by atoms with Crippen LogP contribution >= 0.6 is 0 Å². The van der Waals surface area contributed by atoms with E-state index >= 15 is 0 Å². The lowest BCUT2D eigenvalue weighted by molar-refractivity contribution is -0.138. The van der Waals surface area contributed by atoms with Crippen LogP contribution in [0.1, 0.15) is 68.3 Å². The van der Waals surface area contributed by atoms with Crippen molar-refractivity contribution in [3.63, 3.8) is 0 Å². The Hall–Kier alpha value is -1.83. The number of hydrogen-bond acceptors (Lipinski definition) is 5. The van der Waals surface area contributed by atoms with Crippen molar-refractivity contribution >= 4 is 21.7 Å². The van der Waals surface area contributed by atoms with Gasteiger partial charge in [-0.25, -0.2) is 13.2 Å². The molecule has 1 aliphatic rings. The SMILES string of the molecule is CCC(C)N(C(=O)COC(=O)c1cc(C)n(C(C)C)c1C)C1CCS(=O)(=O)C1. The molecule has 0 aromatic carbocycles. The minimum absolute atomic E-state index is 0.0213. The molecule has 1 fully saturated rings. The zero-order valence-electron chi connectivity index (χ0n) is 17.7. The van der Waals surface area contributed by atoms with Crippen molar-refractivity contribution in [3.05, 3.63) is 23.0 Å². The summed E-state index contributed by atoms with van der Waals surface area (Å²) in [4.78, 5) is 26.9. The molecule has 2 unspecified atom stereocenters. The Kier molecular flexibility index (Phi) is 6.96. The first-order valence-corrected chi connectivity index (χ1v) is 11.7. The fourth-order valence-corrected chi connectivity index (χ4v) is 5.77. The highest BCUT2D eigenvalue weighted by Gasteiger charge is 2.36. The van der Waals surface area contributed by atoms with E-state index in [-0.39, 0.29) is 42.1 Å². The number of sulfone groups is 1. The normalized spacial score (nSPS) is 19.6. The van der Waals surface area contributed by atoms with Gasteiger partial charge in [0.05, 0.1) is 17.1 Å². The second-order valence-electron chi connectivity index (χ2n) is 7.94. The molecule has 0 radical (unpaired) electrons. The van der Waals surface area contributed by atoms with Crippen molar-refractivity contribution in [3.8, 4) is 0 Å². The molecule has 0 aliphatic carbocycles. The minimum Gasteiger partial charge on any atom is -0.452 e. The third-order valence-corrected chi connectivity index (χ3v) is 7.25. The first kappa shape index (κ1) is 22.5. The molecule has 7 nitrogen and oxygen atoms in total. The number of esters is 1. The predicted molar refractivity (Wildman–Crippen MR) is 108 cm³/mol. The molecule has 1 saturated heterocycles. The van der Waals surface area contributed by atoms with Crippen LogP contribution in [0.5, 0.6) is 0 Å². The summed E-state index contributed by atoms with van der Waals surface area (Å²) in [6, 6.07) is 1.53. The van der Waals surface area contributed by atoms with Gasteiger partial charge >= 0.3 is 5.97 Å². The molecule has 2 heterocycles. The molecule has 8 heteroatoms. The largest absolute Gasteiger partial charge is 0.452 e. The number of nitrogens with zero attached hydrogens (tertiary/aromatic N) is 2. The number of hydrogen-bond donors (Lipinski definition) is 0. The lowest BCUT2D eigenvalue weighted by Crippen LogP contribution is -2.48. The summed E-state index contributed by atoms with van der Waals surface area (Å²) >= 11 is 0. The highest BCUT2D eigenvalue weighted by Crippen LogP contribution is 2.23. The van der Waals surface area contributed by atoms with Gasteiger partial charge in [0.15, 0.2) is 16.4 Å². The van der Waals surface area contributed by atoms with Crippen LogP contribution in [0.4, 0.5) is 0 Å². The van der Waals surface area contributed by atoms with Gasteiger partial charge in [0.25, 0.3) is 5.91 Å². The zero-order valence-corrected chi connectivity index (χ0v) is 18.5. The number of carbonyl (C=O) groups excluding carboxylic acids is 2. The molecule has 0 N–H and O–H groups in total. The van der Waals surface area contributed by atoms with Gasteiger partial charge in [-0.3, -0.25) is 4.79 Å². The van der Waals surface area contributed by atoms with Crippen LogP contribution in [0.25, 0.3) is 0 Å². The first-order valence-electron chi connectivity index (χ1n) is 9.85. The van der Waals surface area contributed by atoms with Crippen LogP contribution in [0.2, 0.25) is 0 Å². The number of carbonyl (C=O) groups is 2. The van der Waals surface area contributed by atoms with E-state index < -0.39 is 15.8 Å². The van der Waals surface area contributed by atoms with Gasteiger partial charge in [0, 0.05) is 29.5 Å². The van der Waals surface area contributed by atoms with E-state index in [1.807, 2.05) is 46.1 Å². The molecule has 1 amide bonds. The molecule has 1 aliphatic heterocycles. The van der Waals surface area contributed by atoms with E-state index in [4.69, 9.17) is 4.74 Å². The topological polar surface area (TPSA) is 85.7 Å². The Balaban J connectivity index is 2.10. The first-order chi connectivity index (χ1) is 13.0. The molecule has 2 rings (SSSR count). The smallest absolute Gasteiger partial charge is 0.340 e. The van der Waals surface area contributed by atoms with E-state index in [9.17, 15) is 18.0 Å². The Morgan fingerprint density at radius 2 is 1.93 bits per heavy atom. The monoisotopic (exact) mass is 412 g/mol. The summed E-state index contributed by atoms with van der Waals surface area (Å²) in [6.07, 6.45) is 1.13. The summed E-state index contributed by atoms with van der Waals surface area (Å²) in [5, 5.41) is 0. The van der Waals surface area contributed by atoms with E-state index in [0.29, 0.717) is 18.4 Å². The minimum atomic E-state index is -3.11. The molecule has 0 bridgehead atoms. The van der Waals surface area contributed by atoms with Crippen LogP contribution in [0.15, 0.2) is 6.07 Å². The second kappa shape index (κ2) is 8.68. The molecule has 2 atom stereocenters. The van der Waals surface area contributed by atoms with E-state index in [0.717, 1.165) is 11.4 Å². The van der Waals surface area contributed by atoms with Crippen molar-refractivity contribution in [2.45, 2.75) is 72.5 Å². The molecule has 1 aromatic heterocycles. The number of ether oxygens (including phenoxy) is 1. The molecular formula is C20H32N2O5S. The summed E-state index contributed by atoms with van der Waals surface area (Å²) in [6.45, 7) is 11.3. The van der Waals surface area contributed by atoms with Gasteiger partial charge in [-0.1, -0.05) is 6.92 Å². The lowest BCUT2D eigenvalue weighted by Gasteiger charge is -2.33. The Morgan fingerprint density at radius 3 is 2.39 bits per heavy atom. The highest BCUT2D eigenvalue weighted by atomic mass is 32.2. The summed E-state index contributed by atoms with van der Waals surface area (Å²) < 4.78 is 31.0. The molecule has 1 aromatic rings. The molecule has 158 valence electrons. The van der Waals surface area contributed by atoms with Crippen LogP contribution in [0, 0.1) is 13.8 Å². The third kappa shape index (κ3) is 4.77. The number of amides is 1. The van der Waals surface area contributed by atoms with E-state index in [2.05, 4.69) is 0 Å². The standard InChI is InChI=1S/C20H32N2O5S/c1-7-14(4)22(17-8-9-28(25,26)12-17)19(23)11-27-20(24)18-10-15(5)21(13(2)3)16(18)6/h10,13-14,17H,7-9,11-12H2,1-6H3. The van der Waals surface area contributed by atoms with Gasteiger partial charge in [0.2, 0.25) is 0 Å². The van der Waals surface area contributed by atoms with Gasteiger partial charge in [-0.2, -0.15) is 0 Å². The van der Waals surface area contributed by atoms with Crippen molar-refractivity contribution in [1.29, 1.82) is 0 Å². The maximum atomic E-state index is 12.8. The summed E-state index contributed by atoms with van der Waals surface area (Å²) in [5.74, 6) is -0.801. The quantitative estimate of drug-likeness (QED) is 0.643. The summed E-state index contributed by atoms with van der Waals surface area (Å²) in [7, 11) is -3.11. The number of aryl methyl sites for hydroxylation is 1. The third-order valence-electron chi connectivity index (χ3n) is 5.50. The Bertz CT molecular complexity index is 841. The van der Waals surface area contributed by atoms with E-state index in [1.54, 1.807) is 11.0 Å². The van der Waals surface area contributed by atoms with Crippen LogP contribution in [-0.4, -0.2) is 60.0 Å². The van der Waals surface area contributed by atoms with Gasteiger partial charge in [0.1, 0.15) is 0 Å². The van der Waals surface area contributed by atoms with Gasteiger partial charge in [-0.05, 0) is 53.5 Å². The zero-order chi connectivity index (χ0) is 21.2. The fourth-order valence-electron chi connectivity index (χ4n) is 4.06. The number of rotatable bonds is 7. The molecule has 28 heavy (non-hydrogen) atoms. The lowest BCUT2D eigenvalue weighted by atomic mass is 10.1. The van der Waals surface area contributed by atoms with Crippen molar-refractivity contribution in [2.75, 3.05) is 18.1 Å². The molecule has 0 saturated carbocycles. The van der Waals surface area contributed by atoms with Crippen LogP contribution in [0.3, 0.4) is 0 Å². The fraction of sp³-hybridized carbons (Fsp3) is 0.700. The summed E-state index contributed by atoms with van der Waals surface area (Å²) in [5.41, 5.74) is 2.23. The Labute approximate surface area is 168 Å². The van der Waals surface area contributed by atoms with Crippen LogP contribution in [-0.2, 0) is 19.4 Å². The number of aromatic nitrogens is 1. The Morgan fingerprint density at radius 1 is 1.29 bits per heavy atom. The highest BCUT2D eigenvalue weighted by molar-refractivity contribution is 7.91. The van der Waals surface area contributed by atoms with E-state index in [1.165, 1.54) is 0 Å². The predicted octanol–water partition coefficient (Wildman–Crippen LogP) is 2.66.